The molecule has 0 aromatic heterocycles. The molecule has 0 aliphatic rings. The second-order valence-corrected chi connectivity index (χ2v) is 6.36. The summed E-state index contributed by atoms with van der Waals surface area (Å²) < 4.78 is 11.0. The molecule has 2 rings (SSSR count). The Morgan fingerprint density at radius 2 is 1.58 bits per heavy atom. The van der Waals surface area contributed by atoms with Gasteiger partial charge in [0.1, 0.15) is 11.5 Å². The van der Waals surface area contributed by atoms with Crippen LogP contribution in [-0.2, 0) is 6.42 Å². The van der Waals surface area contributed by atoms with E-state index in [2.05, 4.69) is 20.8 Å². The number of rotatable bonds is 8. The summed E-state index contributed by atoms with van der Waals surface area (Å²) in [7, 11) is 0. The first-order chi connectivity index (χ1) is 11.6. The van der Waals surface area contributed by atoms with Crippen LogP contribution >= 0.6 is 0 Å². The second kappa shape index (κ2) is 9.11. The van der Waals surface area contributed by atoms with Gasteiger partial charge in [-0.1, -0.05) is 39.3 Å². The molecule has 128 valence electrons. The summed E-state index contributed by atoms with van der Waals surface area (Å²) >= 11 is 0. The minimum atomic E-state index is -0.355. The highest BCUT2D eigenvalue weighted by Crippen LogP contribution is 2.18. The number of unbranched alkanes of at least 4 members (excludes halogenated alkanes) is 1. The van der Waals surface area contributed by atoms with Crippen LogP contribution in [0.5, 0.6) is 11.5 Å². The Labute approximate surface area is 144 Å². The summed E-state index contributed by atoms with van der Waals surface area (Å²) in [6.07, 6.45) is 3.14. The van der Waals surface area contributed by atoms with E-state index in [0.29, 0.717) is 23.8 Å². The molecule has 0 bridgehead atoms. The van der Waals surface area contributed by atoms with Gasteiger partial charge in [-0.05, 0) is 60.7 Å². The van der Waals surface area contributed by atoms with E-state index in [1.807, 2.05) is 24.3 Å². The van der Waals surface area contributed by atoms with E-state index < -0.39 is 0 Å². The van der Waals surface area contributed by atoms with Crippen molar-refractivity contribution in [2.75, 3.05) is 6.61 Å². The first-order valence-electron chi connectivity index (χ1n) is 8.62. The maximum absolute atomic E-state index is 12.2. The molecule has 0 aliphatic carbocycles. The van der Waals surface area contributed by atoms with Crippen LogP contribution in [0.25, 0.3) is 0 Å². The van der Waals surface area contributed by atoms with Crippen molar-refractivity contribution in [1.82, 2.24) is 0 Å². The van der Waals surface area contributed by atoms with Crippen molar-refractivity contribution in [3.05, 3.63) is 59.7 Å². The molecule has 2 aromatic rings. The fraction of sp³-hybridized carbons (Fsp3) is 0.381. The molecular weight excluding hydrogens is 300 g/mol. The fourth-order valence-corrected chi connectivity index (χ4v) is 2.35. The van der Waals surface area contributed by atoms with Crippen molar-refractivity contribution in [1.29, 1.82) is 0 Å². The molecule has 0 N–H and O–H groups in total. The number of carbonyl (C=O) groups is 1. The smallest absolute Gasteiger partial charge is 0.343 e. The van der Waals surface area contributed by atoms with Crippen molar-refractivity contribution in [3.8, 4) is 11.5 Å². The van der Waals surface area contributed by atoms with E-state index >= 15 is 0 Å². The normalized spacial score (nSPS) is 10.7. The summed E-state index contributed by atoms with van der Waals surface area (Å²) in [6.45, 7) is 7.19. The zero-order valence-electron chi connectivity index (χ0n) is 14.7. The van der Waals surface area contributed by atoms with E-state index in [-0.39, 0.29) is 5.97 Å². The number of hydrogen-bond donors (Lipinski definition) is 0. The van der Waals surface area contributed by atoms with Crippen LogP contribution < -0.4 is 9.47 Å². The maximum atomic E-state index is 12.2. The minimum absolute atomic E-state index is 0.355. The lowest BCUT2D eigenvalue weighted by Crippen LogP contribution is -2.08. The monoisotopic (exact) mass is 326 g/mol. The molecule has 0 amide bonds. The summed E-state index contributed by atoms with van der Waals surface area (Å²) in [5.74, 6) is 1.59. The summed E-state index contributed by atoms with van der Waals surface area (Å²) in [5, 5.41) is 0. The van der Waals surface area contributed by atoms with E-state index in [1.165, 1.54) is 5.56 Å². The lowest BCUT2D eigenvalue weighted by molar-refractivity contribution is 0.0734. The van der Waals surface area contributed by atoms with Crippen molar-refractivity contribution < 1.29 is 14.3 Å². The molecule has 3 nitrogen and oxygen atoms in total. The number of carbonyl (C=O) groups excluding carboxylic acids is 1. The Morgan fingerprint density at radius 1 is 0.958 bits per heavy atom. The Bertz CT molecular complexity index is 627. The van der Waals surface area contributed by atoms with Gasteiger partial charge >= 0.3 is 5.97 Å². The molecule has 0 heterocycles. The SMILES string of the molecule is CCCCOc1ccc(C(=O)Oc2ccc(CC(C)C)cc2)cc1. The highest BCUT2D eigenvalue weighted by atomic mass is 16.5. The lowest BCUT2D eigenvalue weighted by Gasteiger charge is -2.08. The third kappa shape index (κ3) is 5.73. The quantitative estimate of drug-likeness (QED) is 0.376. The zero-order chi connectivity index (χ0) is 17.4. The van der Waals surface area contributed by atoms with E-state index in [0.717, 1.165) is 25.0 Å². The number of benzene rings is 2. The van der Waals surface area contributed by atoms with Gasteiger partial charge in [0.2, 0.25) is 0 Å². The number of hydrogen-bond acceptors (Lipinski definition) is 3. The van der Waals surface area contributed by atoms with Crippen LogP contribution in [0.4, 0.5) is 0 Å². The van der Waals surface area contributed by atoms with Gasteiger partial charge in [-0.25, -0.2) is 4.79 Å². The second-order valence-electron chi connectivity index (χ2n) is 6.36. The molecule has 0 unspecified atom stereocenters. The van der Waals surface area contributed by atoms with Gasteiger partial charge in [-0.2, -0.15) is 0 Å². The molecule has 0 saturated carbocycles. The zero-order valence-corrected chi connectivity index (χ0v) is 14.7. The van der Waals surface area contributed by atoms with Crippen LogP contribution in [0.15, 0.2) is 48.5 Å². The standard InChI is InChI=1S/C21H26O3/c1-4-5-14-23-19-12-8-18(9-13-19)21(22)24-20-10-6-17(7-11-20)15-16(2)3/h6-13,16H,4-5,14-15H2,1-3H3. The number of ether oxygens (including phenoxy) is 2. The summed E-state index contributed by atoms with van der Waals surface area (Å²) in [5.41, 5.74) is 1.77. The molecule has 0 aliphatic heterocycles. The van der Waals surface area contributed by atoms with Gasteiger partial charge < -0.3 is 9.47 Å². The summed E-state index contributed by atoms with van der Waals surface area (Å²) in [6, 6.07) is 14.8. The Hall–Kier alpha value is -2.29. The van der Waals surface area contributed by atoms with Crippen LogP contribution in [-0.4, -0.2) is 12.6 Å². The van der Waals surface area contributed by atoms with Crippen molar-refractivity contribution in [2.45, 2.75) is 40.0 Å². The lowest BCUT2D eigenvalue weighted by atomic mass is 10.0. The maximum Gasteiger partial charge on any atom is 0.343 e. The van der Waals surface area contributed by atoms with Gasteiger partial charge in [-0.3, -0.25) is 0 Å². The Morgan fingerprint density at radius 3 is 2.17 bits per heavy atom. The van der Waals surface area contributed by atoms with Gasteiger partial charge in [0.05, 0.1) is 12.2 Å². The highest BCUT2D eigenvalue weighted by molar-refractivity contribution is 5.91. The van der Waals surface area contributed by atoms with Crippen molar-refractivity contribution in [2.24, 2.45) is 5.92 Å². The average Bonchev–Trinajstić information content (AvgIpc) is 2.57. The largest absolute Gasteiger partial charge is 0.494 e. The van der Waals surface area contributed by atoms with E-state index in [1.54, 1.807) is 24.3 Å². The topological polar surface area (TPSA) is 35.5 Å². The van der Waals surface area contributed by atoms with Crippen LogP contribution in [0.3, 0.4) is 0 Å². The summed E-state index contributed by atoms with van der Waals surface area (Å²) in [4.78, 5) is 12.2. The van der Waals surface area contributed by atoms with Gasteiger partial charge in [0, 0.05) is 0 Å². The first kappa shape index (κ1) is 18.1. The molecule has 0 saturated heterocycles. The van der Waals surface area contributed by atoms with Gasteiger partial charge in [0.15, 0.2) is 0 Å². The molecule has 3 heteroatoms. The Balaban J connectivity index is 1.91. The van der Waals surface area contributed by atoms with E-state index in [4.69, 9.17) is 9.47 Å². The number of esters is 1. The first-order valence-corrected chi connectivity index (χ1v) is 8.62. The molecule has 2 aromatic carbocycles. The third-order valence-electron chi connectivity index (χ3n) is 3.63. The predicted octanol–water partition coefficient (Wildman–Crippen LogP) is 5.28. The van der Waals surface area contributed by atoms with Crippen LogP contribution in [0, 0.1) is 5.92 Å². The molecule has 24 heavy (non-hydrogen) atoms. The molecule has 0 radical (unpaired) electrons. The predicted molar refractivity (Wildman–Crippen MR) is 96.8 cm³/mol. The van der Waals surface area contributed by atoms with Crippen LogP contribution in [0.1, 0.15) is 49.5 Å². The molecule has 0 spiro atoms. The van der Waals surface area contributed by atoms with E-state index in [9.17, 15) is 4.79 Å². The van der Waals surface area contributed by atoms with Gasteiger partial charge in [-0.15, -0.1) is 0 Å². The molecule has 0 fully saturated rings. The highest BCUT2D eigenvalue weighted by Gasteiger charge is 2.09. The fourth-order valence-electron chi connectivity index (χ4n) is 2.35. The third-order valence-corrected chi connectivity index (χ3v) is 3.63. The minimum Gasteiger partial charge on any atom is -0.494 e. The van der Waals surface area contributed by atoms with Crippen molar-refractivity contribution >= 4 is 5.97 Å². The molecule has 0 atom stereocenters. The average molecular weight is 326 g/mol. The van der Waals surface area contributed by atoms with Crippen molar-refractivity contribution in [3.63, 3.8) is 0 Å². The molecular formula is C21H26O3. The van der Waals surface area contributed by atoms with Crippen LogP contribution in [0.2, 0.25) is 0 Å². The Kier molecular flexibility index (Phi) is 6.86. The van der Waals surface area contributed by atoms with Gasteiger partial charge in [0.25, 0.3) is 0 Å².